The van der Waals surface area contributed by atoms with Crippen molar-refractivity contribution in [2.45, 2.75) is 168 Å². The summed E-state index contributed by atoms with van der Waals surface area (Å²) in [5.74, 6) is -5.02. The van der Waals surface area contributed by atoms with Crippen LogP contribution in [0.1, 0.15) is 130 Å². The molecular weight excluding hydrogens is 1190 g/mol. The van der Waals surface area contributed by atoms with Gasteiger partial charge >= 0.3 is 18.0 Å². The molecule has 0 bridgehead atoms. The molecule has 27 nitrogen and oxygen atoms in total. The van der Waals surface area contributed by atoms with E-state index in [0.717, 1.165) is 36.3 Å². The van der Waals surface area contributed by atoms with Crippen LogP contribution in [0.25, 0.3) is 0 Å². The Balaban J connectivity index is 1.42. The largest absolute Gasteiger partial charge is 0.484 e. The third kappa shape index (κ3) is 22.4. The van der Waals surface area contributed by atoms with Crippen LogP contribution in [0.15, 0.2) is 66.9 Å². The normalized spacial score (nSPS) is 16.1. The van der Waals surface area contributed by atoms with Gasteiger partial charge in [-0.2, -0.15) is 0 Å². The lowest BCUT2D eigenvalue weighted by Crippen LogP contribution is -2.60. The number of amides is 7. The number of likely N-dealkylation sites (tertiary alicyclic amines) is 1. The van der Waals surface area contributed by atoms with Gasteiger partial charge in [0.15, 0.2) is 5.69 Å². The molecule has 1 fully saturated rings. The number of ether oxygens (including phenoxy) is 5. The number of hydrogen-bond donors (Lipinski definition) is 6. The number of likely N-dealkylation sites (N-methyl/N-ethyl adjacent to an activating group) is 2. The van der Waals surface area contributed by atoms with Crippen molar-refractivity contribution in [3.05, 3.63) is 93.8 Å². The Morgan fingerprint density at radius 3 is 2.14 bits per heavy atom. The zero-order chi connectivity index (χ0) is 68.4. The highest BCUT2D eigenvalue weighted by Gasteiger charge is 2.44. The maximum absolute atomic E-state index is 14.9. The van der Waals surface area contributed by atoms with E-state index in [1.54, 1.807) is 88.7 Å². The molecular formula is C65H99N11O16. The van der Waals surface area contributed by atoms with E-state index in [4.69, 9.17) is 18.9 Å². The van der Waals surface area contributed by atoms with E-state index in [1.807, 2.05) is 32.0 Å². The van der Waals surface area contributed by atoms with Gasteiger partial charge in [-0.15, -0.1) is 0 Å². The van der Waals surface area contributed by atoms with Gasteiger partial charge < -0.3 is 75.3 Å². The summed E-state index contributed by atoms with van der Waals surface area (Å²) >= 11 is 0. The van der Waals surface area contributed by atoms with Crippen molar-refractivity contribution in [2.24, 2.45) is 30.7 Å². The number of imidazole rings is 1. The first kappa shape index (κ1) is 76.4. The number of hydrogen-bond acceptors (Lipinski definition) is 18. The fraction of sp³-hybridized carbons (Fsp3) is 0.615. The molecule has 1 aromatic heterocycles. The molecule has 0 saturated carbocycles. The van der Waals surface area contributed by atoms with Crippen LogP contribution in [-0.4, -0.2) is 186 Å². The zero-order valence-corrected chi connectivity index (χ0v) is 55.9. The molecule has 0 unspecified atom stereocenters. The van der Waals surface area contributed by atoms with Gasteiger partial charge in [-0.1, -0.05) is 109 Å². The molecule has 2 heterocycles. The Kier molecular flexibility index (Phi) is 31.7. The molecule has 2 aromatic carbocycles. The lowest BCUT2D eigenvalue weighted by molar-refractivity contribution is -0.396. The molecule has 6 N–H and O–H groups in total. The molecule has 1 aliphatic heterocycles. The Labute approximate surface area is 540 Å². The number of anilines is 1. The number of aliphatic hydroxyl groups is 1. The highest BCUT2D eigenvalue weighted by molar-refractivity contribution is 5.95. The van der Waals surface area contributed by atoms with E-state index < -0.39 is 107 Å². The van der Waals surface area contributed by atoms with Crippen LogP contribution in [-0.2, 0) is 72.8 Å². The van der Waals surface area contributed by atoms with E-state index in [2.05, 4.69) is 36.3 Å². The summed E-state index contributed by atoms with van der Waals surface area (Å²) in [4.78, 5) is 127. The molecule has 3 aromatic rings. The van der Waals surface area contributed by atoms with Gasteiger partial charge in [0.1, 0.15) is 37.2 Å². The predicted molar refractivity (Wildman–Crippen MR) is 343 cm³/mol. The average Bonchev–Trinajstić information content (AvgIpc) is 1.32. The van der Waals surface area contributed by atoms with Crippen LogP contribution in [0.4, 0.5) is 16.4 Å². The second-order valence-corrected chi connectivity index (χ2v) is 24.1. The standard InChI is InChI=1S/C65H99N11O16/c1-15-42(6)58(51(88-12)35-54(79)75-33-23-26-49(75)60(90-14)43(7)61(82)69-44(8)59(81)46-24-19-18-20-25-46)73(10)63(84)56(40(2)3)71-62(83)57(41(4)5)74(11)65(85)92-38-45-27-28-50(91-39-47-36-68-64(72(47)9)76(86)87)48(34-45)70-53(78)37-66-31-21-16-17-22-32-67-52(77)29-30-55(80)89-13/h18-20,24-25,27-30,34,36,40-44,49,51,56-60,66,81H,15-17,21-23,26,31-33,35,37-39H2,1-14H3,(H,67,77)(H,69,82)(H,70,78)(H,71,83)/b30-29-/t42-,43+,44+,49-,51+,56-,57-,58-,59+,60+/m0/s1. The fourth-order valence-corrected chi connectivity index (χ4v) is 11.3. The quantitative estimate of drug-likeness (QED) is 0.0131. The minimum atomic E-state index is -1.12. The molecule has 7 amide bonds. The number of carbonyl (C=O) groups excluding carboxylic acids is 8. The maximum atomic E-state index is 14.9. The minimum Gasteiger partial charge on any atom is -0.484 e. The number of aliphatic hydroxyl groups excluding tert-OH is 1. The van der Waals surface area contributed by atoms with E-state index in [0.29, 0.717) is 62.1 Å². The molecule has 510 valence electrons. The molecule has 4 rings (SSSR count). The number of nitrogens with one attached hydrogen (secondary N) is 5. The average molecular weight is 1290 g/mol. The third-order valence-corrected chi connectivity index (χ3v) is 16.8. The highest BCUT2D eigenvalue weighted by Crippen LogP contribution is 2.32. The maximum Gasteiger partial charge on any atom is 0.434 e. The van der Waals surface area contributed by atoms with Gasteiger partial charge in [0, 0.05) is 53.6 Å². The topological polar surface area (TPSA) is 334 Å². The minimum absolute atomic E-state index is 0.0738. The first-order chi connectivity index (χ1) is 43.7. The van der Waals surface area contributed by atoms with Crippen molar-refractivity contribution in [3.8, 4) is 5.75 Å². The van der Waals surface area contributed by atoms with Crippen LogP contribution in [0, 0.1) is 33.8 Å². The van der Waals surface area contributed by atoms with Crippen molar-refractivity contribution in [2.75, 3.05) is 66.9 Å². The van der Waals surface area contributed by atoms with Crippen LogP contribution in [0.2, 0.25) is 0 Å². The zero-order valence-electron chi connectivity index (χ0n) is 55.9. The number of carbonyl (C=O) groups is 8. The van der Waals surface area contributed by atoms with E-state index in [-0.39, 0.29) is 61.3 Å². The summed E-state index contributed by atoms with van der Waals surface area (Å²) in [6.07, 6.45) is 5.06. The number of benzene rings is 2. The molecule has 1 aliphatic rings. The summed E-state index contributed by atoms with van der Waals surface area (Å²) in [5.41, 5.74) is 1.69. The van der Waals surface area contributed by atoms with E-state index >= 15 is 0 Å². The summed E-state index contributed by atoms with van der Waals surface area (Å²) < 4.78 is 29.6. The number of nitrogens with zero attached hydrogens (tertiary/aromatic N) is 6. The van der Waals surface area contributed by atoms with Crippen LogP contribution < -0.4 is 31.3 Å². The first-order valence-electron chi connectivity index (χ1n) is 31.5. The lowest BCUT2D eigenvalue weighted by Gasteiger charge is -2.41. The Bertz CT molecular complexity index is 2940. The van der Waals surface area contributed by atoms with Gasteiger partial charge in [0.25, 0.3) is 0 Å². The van der Waals surface area contributed by atoms with E-state index in [9.17, 15) is 53.6 Å². The lowest BCUT2D eigenvalue weighted by atomic mass is 9.89. The van der Waals surface area contributed by atoms with Gasteiger partial charge in [-0.25, -0.2) is 14.2 Å². The molecule has 1 saturated heterocycles. The number of unbranched alkanes of at least 4 members (excludes halogenated alkanes) is 3. The second-order valence-electron chi connectivity index (χ2n) is 24.1. The summed E-state index contributed by atoms with van der Waals surface area (Å²) in [5, 5.41) is 37.0. The smallest absolute Gasteiger partial charge is 0.434 e. The number of methoxy groups -OCH3 is 3. The molecule has 10 atom stereocenters. The van der Waals surface area contributed by atoms with Gasteiger partial charge in [-0.3, -0.25) is 33.7 Å². The molecule has 27 heteroatoms. The van der Waals surface area contributed by atoms with Crippen LogP contribution in [0.5, 0.6) is 5.75 Å². The van der Waals surface area contributed by atoms with Crippen molar-refractivity contribution >= 4 is 59.1 Å². The number of esters is 1. The van der Waals surface area contributed by atoms with Crippen molar-refractivity contribution in [3.63, 3.8) is 0 Å². The van der Waals surface area contributed by atoms with Gasteiger partial charge in [0.2, 0.25) is 35.4 Å². The van der Waals surface area contributed by atoms with Crippen molar-refractivity contribution in [1.82, 2.24) is 45.5 Å². The Morgan fingerprint density at radius 1 is 0.848 bits per heavy atom. The SMILES string of the molecule is CC[C@H](C)[C@@H]([C@@H](CC(=O)N1CCC[C@H]1[C@H](OC)[C@@H](C)C(=O)N[C@H](C)[C@@H](O)c1ccccc1)OC)N(C)C(=O)[C@@H](NC(=O)[C@H](C(C)C)N(C)C(=O)OCc1ccc(OCc2cnc([N+](=O)[O-])n2C)c(NC(=O)CNCCCCCCNC(=O)/C=C\C(=O)OC)c1)C(C)C. The van der Waals surface area contributed by atoms with Crippen molar-refractivity contribution in [1.29, 1.82) is 0 Å². The van der Waals surface area contributed by atoms with Gasteiger partial charge in [0.05, 0.1) is 75.2 Å². The van der Waals surface area contributed by atoms with Crippen LogP contribution >= 0.6 is 0 Å². The van der Waals surface area contributed by atoms with E-state index in [1.165, 1.54) is 46.2 Å². The second kappa shape index (κ2) is 38.1. The molecule has 0 radical (unpaired) electrons. The van der Waals surface area contributed by atoms with Crippen molar-refractivity contribution < 1.29 is 72.1 Å². The highest BCUT2D eigenvalue weighted by atomic mass is 16.6. The Morgan fingerprint density at radius 2 is 1.53 bits per heavy atom. The summed E-state index contributed by atoms with van der Waals surface area (Å²) in [6.45, 7) is 15.4. The van der Waals surface area contributed by atoms with Gasteiger partial charge in [-0.05, 0) is 85.1 Å². The fourth-order valence-electron chi connectivity index (χ4n) is 11.3. The monoisotopic (exact) mass is 1290 g/mol. The Hall–Kier alpha value is -8.01. The number of aromatic nitrogens is 2. The number of nitro groups is 1. The molecule has 0 aliphatic carbocycles. The molecule has 0 spiro atoms. The number of rotatable bonds is 38. The first-order valence-corrected chi connectivity index (χ1v) is 31.5. The van der Waals surface area contributed by atoms with Crippen LogP contribution in [0.3, 0.4) is 0 Å². The molecule has 92 heavy (non-hydrogen) atoms. The predicted octanol–water partition coefficient (Wildman–Crippen LogP) is 5.73. The third-order valence-electron chi connectivity index (χ3n) is 16.8. The summed E-state index contributed by atoms with van der Waals surface area (Å²) in [7, 11) is 8.76. The summed E-state index contributed by atoms with van der Waals surface area (Å²) in [6, 6.07) is 9.90.